The molecule has 1 atom stereocenters. The minimum absolute atomic E-state index is 0.0800. The van der Waals surface area contributed by atoms with E-state index in [2.05, 4.69) is 26.3 Å². The van der Waals surface area contributed by atoms with Crippen LogP contribution in [0, 0.1) is 13.8 Å². The van der Waals surface area contributed by atoms with Gasteiger partial charge in [0.2, 0.25) is 5.91 Å². The number of esters is 1. The highest BCUT2D eigenvalue weighted by atomic mass is 79.9. The second kappa shape index (κ2) is 7.61. The summed E-state index contributed by atoms with van der Waals surface area (Å²) >= 11 is 3.35. The molecule has 24 heavy (non-hydrogen) atoms. The number of ether oxygens (including phenoxy) is 1. The van der Waals surface area contributed by atoms with Gasteiger partial charge in [-0.05, 0) is 45.0 Å². The molecule has 0 saturated carbocycles. The zero-order valence-corrected chi connectivity index (χ0v) is 15.7. The molecule has 0 aliphatic carbocycles. The Hall–Kier alpha value is -2.15. The molecule has 1 heterocycles. The Kier molecular flexibility index (Phi) is 5.77. The molecule has 0 radical (unpaired) electrons. The summed E-state index contributed by atoms with van der Waals surface area (Å²) in [6.45, 7) is 5.53. The van der Waals surface area contributed by atoms with Crippen molar-refractivity contribution in [3.05, 3.63) is 45.7 Å². The molecule has 6 nitrogen and oxygen atoms in total. The number of nitrogens with zero attached hydrogens (tertiary/aromatic N) is 2. The lowest BCUT2D eigenvalue weighted by molar-refractivity contribution is -0.142. The average molecular weight is 394 g/mol. The van der Waals surface area contributed by atoms with Crippen LogP contribution < -0.4 is 5.32 Å². The van der Waals surface area contributed by atoms with E-state index < -0.39 is 5.92 Å². The summed E-state index contributed by atoms with van der Waals surface area (Å²) in [4.78, 5) is 24.0. The fraction of sp³-hybridized carbons (Fsp3) is 0.353. The van der Waals surface area contributed by atoms with Gasteiger partial charge in [-0.25, -0.2) is 0 Å². The van der Waals surface area contributed by atoms with Crippen LogP contribution in [0.4, 0.5) is 5.69 Å². The van der Waals surface area contributed by atoms with Crippen molar-refractivity contribution in [1.82, 2.24) is 9.78 Å². The Balaban J connectivity index is 2.14. The third-order valence-electron chi connectivity index (χ3n) is 3.85. The normalized spacial score (nSPS) is 11.9. The molecule has 0 saturated heterocycles. The Labute approximate surface area is 149 Å². The first kappa shape index (κ1) is 18.2. The van der Waals surface area contributed by atoms with Gasteiger partial charge < -0.3 is 10.1 Å². The molecule has 0 spiro atoms. The topological polar surface area (TPSA) is 73.2 Å². The van der Waals surface area contributed by atoms with Crippen LogP contribution >= 0.6 is 15.9 Å². The number of hydrogen-bond donors (Lipinski definition) is 1. The SMILES string of the molecule is COC(=O)[C@@H](C)c1c(C)nn(CC(=O)Nc2ccc(Br)cc2)c1C. The number of benzene rings is 1. The van der Waals surface area contributed by atoms with Crippen molar-refractivity contribution < 1.29 is 14.3 Å². The summed E-state index contributed by atoms with van der Waals surface area (Å²) in [7, 11) is 1.36. The lowest BCUT2D eigenvalue weighted by Crippen LogP contribution is -2.20. The first-order valence-corrected chi connectivity index (χ1v) is 8.30. The smallest absolute Gasteiger partial charge is 0.312 e. The van der Waals surface area contributed by atoms with Gasteiger partial charge in [-0.15, -0.1) is 0 Å². The molecule has 1 N–H and O–H groups in total. The maximum absolute atomic E-state index is 12.2. The van der Waals surface area contributed by atoms with Gasteiger partial charge in [0, 0.05) is 21.4 Å². The van der Waals surface area contributed by atoms with E-state index in [1.54, 1.807) is 11.6 Å². The van der Waals surface area contributed by atoms with E-state index in [1.165, 1.54) is 7.11 Å². The van der Waals surface area contributed by atoms with Crippen molar-refractivity contribution in [2.75, 3.05) is 12.4 Å². The number of aryl methyl sites for hydroxylation is 1. The number of rotatable bonds is 5. The van der Waals surface area contributed by atoms with Gasteiger partial charge in [-0.1, -0.05) is 15.9 Å². The molecule has 0 aliphatic rings. The van der Waals surface area contributed by atoms with E-state index in [9.17, 15) is 9.59 Å². The molecule has 0 bridgehead atoms. The zero-order chi connectivity index (χ0) is 17.9. The Morgan fingerprint density at radius 3 is 2.50 bits per heavy atom. The third kappa shape index (κ3) is 4.03. The van der Waals surface area contributed by atoms with Crippen molar-refractivity contribution in [3.8, 4) is 0 Å². The largest absolute Gasteiger partial charge is 0.469 e. The van der Waals surface area contributed by atoms with E-state index in [0.29, 0.717) is 5.69 Å². The van der Waals surface area contributed by atoms with Crippen LogP contribution in [0.25, 0.3) is 0 Å². The van der Waals surface area contributed by atoms with Gasteiger partial charge in [0.05, 0.1) is 18.7 Å². The van der Waals surface area contributed by atoms with Gasteiger partial charge in [0.25, 0.3) is 0 Å². The Morgan fingerprint density at radius 2 is 1.92 bits per heavy atom. The molecule has 0 unspecified atom stereocenters. The van der Waals surface area contributed by atoms with E-state index in [-0.39, 0.29) is 18.4 Å². The van der Waals surface area contributed by atoms with Crippen LogP contribution in [0.15, 0.2) is 28.7 Å². The number of halogens is 1. The summed E-state index contributed by atoms with van der Waals surface area (Å²) in [5.74, 6) is -0.918. The molecule has 2 rings (SSSR count). The molecular weight excluding hydrogens is 374 g/mol. The van der Waals surface area contributed by atoms with Crippen molar-refractivity contribution in [2.24, 2.45) is 0 Å². The van der Waals surface area contributed by atoms with E-state index in [4.69, 9.17) is 4.74 Å². The molecule has 2 aromatic rings. The predicted molar refractivity (Wildman–Crippen MR) is 94.9 cm³/mol. The van der Waals surface area contributed by atoms with Gasteiger partial charge in [-0.2, -0.15) is 5.10 Å². The van der Waals surface area contributed by atoms with Crippen LogP contribution in [0.1, 0.15) is 29.8 Å². The Bertz CT molecular complexity index is 753. The highest BCUT2D eigenvalue weighted by Crippen LogP contribution is 2.24. The maximum Gasteiger partial charge on any atom is 0.312 e. The van der Waals surface area contributed by atoms with Gasteiger partial charge >= 0.3 is 5.97 Å². The second-order valence-corrected chi connectivity index (χ2v) is 6.46. The van der Waals surface area contributed by atoms with Crippen LogP contribution in [0.2, 0.25) is 0 Å². The van der Waals surface area contributed by atoms with Crippen molar-refractivity contribution in [1.29, 1.82) is 0 Å². The van der Waals surface area contributed by atoms with Crippen molar-refractivity contribution in [3.63, 3.8) is 0 Å². The number of hydrogen-bond acceptors (Lipinski definition) is 4. The van der Waals surface area contributed by atoms with E-state index >= 15 is 0 Å². The fourth-order valence-corrected chi connectivity index (χ4v) is 2.92. The summed E-state index contributed by atoms with van der Waals surface area (Å²) in [6.07, 6.45) is 0. The van der Waals surface area contributed by atoms with Crippen molar-refractivity contribution in [2.45, 2.75) is 33.2 Å². The Morgan fingerprint density at radius 1 is 1.29 bits per heavy atom. The number of amides is 1. The maximum atomic E-state index is 12.2. The average Bonchev–Trinajstić information content (AvgIpc) is 2.82. The summed E-state index contributed by atoms with van der Waals surface area (Å²) in [5, 5.41) is 7.21. The molecule has 128 valence electrons. The molecule has 0 fully saturated rings. The standard InChI is InChI=1S/C17H20BrN3O3/c1-10(17(23)24-4)16-11(2)20-21(12(16)3)9-15(22)19-14-7-5-13(18)6-8-14/h5-8,10H,9H2,1-4H3,(H,19,22)/t10-/m0/s1. The fourth-order valence-electron chi connectivity index (χ4n) is 2.66. The number of methoxy groups -OCH3 is 1. The molecule has 1 aromatic carbocycles. The number of anilines is 1. The molecule has 1 amide bonds. The van der Waals surface area contributed by atoms with E-state index in [1.807, 2.05) is 38.1 Å². The first-order chi connectivity index (χ1) is 11.3. The summed E-state index contributed by atoms with van der Waals surface area (Å²) < 4.78 is 7.35. The quantitative estimate of drug-likeness (QED) is 0.791. The second-order valence-electron chi connectivity index (χ2n) is 5.54. The predicted octanol–water partition coefficient (Wildman–Crippen LogP) is 3.18. The molecular formula is C17H20BrN3O3. The minimum atomic E-state index is -0.418. The van der Waals surface area contributed by atoms with Crippen LogP contribution in [0.3, 0.4) is 0 Å². The highest BCUT2D eigenvalue weighted by Gasteiger charge is 2.24. The van der Waals surface area contributed by atoms with Gasteiger partial charge in [0.1, 0.15) is 6.54 Å². The zero-order valence-electron chi connectivity index (χ0n) is 14.1. The number of carbonyl (C=O) groups is 2. The molecule has 7 heteroatoms. The molecule has 0 aliphatic heterocycles. The molecule has 1 aromatic heterocycles. The lowest BCUT2D eigenvalue weighted by atomic mass is 9.99. The van der Waals surface area contributed by atoms with Crippen LogP contribution in [0.5, 0.6) is 0 Å². The van der Waals surface area contributed by atoms with Crippen LogP contribution in [-0.2, 0) is 20.9 Å². The lowest BCUT2D eigenvalue weighted by Gasteiger charge is -2.10. The minimum Gasteiger partial charge on any atom is -0.469 e. The number of carbonyl (C=O) groups excluding carboxylic acids is 2. The van der Waals surface area contributed by atoms with Crippen LogP contribution in [-0.4, -0.2) is 28.8 Å². The summed E-state index contributed by atoms with van der Waals surface area (Å²) in [6, 6.07) is 7.34. The van der Waals surface area contributed by atoms with Gasteiger partial charge in [-0.3, -0.25) is 14.3 Å². The van der Waals surface area contributed by atoms with Crippen molar-refractivity contribution >= 4 is 33.5 Å². The third-order valence-corrected chi connectivity index (χ3v) is 4.38. The monoisotopic (exact) mass is 393 g/mol. The number of aromatic nitrogens is 2. The number of nitrogens with one attached hydrogen (secondary N) is 1. The highest BCUT2D eigenvalue weighted by molar-refractivity contribution is 9.10. The van der Waals surface area contributed by atoms with Gasteiger partial charge in [0.15, 0.2) is 0 Å². The summed E-state index contributed by atoms with van der Waals surface area (Å²) in [5.41, 5.74) is 3.03. The van der Waals surface area contributed by atoms with E-state index in [0.717, 1.165) is 21.4 Å². The first-order valence-electron chi connectivity index (χ1n) is 7.50.